The predicted octanol–water partition coefficient (Wildman–Crippen LogP) is 5.26. The molecule has 0 saturated heterocycles. The molecule has 116 valence electrons. The van der Waals surface area contributed by atoms with Gasteiger partial charge in [0.1, 0.15) is 5.82 Å². The molecule has 0 radical (unpaired) electrons. The summed E-state index contributed by atoms with van der Waals surface area (Å²) < 4.78 is 0. The number of unbranched alkanes of at least 4 members (excludes halogenated alkanes) is 1. The molecule has 1 amide bonds. The highest BCUT2D eigenvalue weighted by molar-refractivity contribution is 6.36. The average molecular weight is 338 g/mol. The van der Waals surface area contributed by atoms with Crippen LogP contribution in [-0.4, -0.2) is 10.9 Å². The van der Waals surface area contributed by atoms with Crippen molar-refractivity contribution in [1.29, 1.82) is 0 Å². The minimum absolute atomic E-state index is 0.0178. The van der Waals surface area contributed by atoms with E-state index in [0.29, 0.717) is 22.3 Å². The second-order valence-electron chi connectivity index (χ2n) is 4.83. The molecule has 1 aromatic heterocycles. The van der Waals surface area contributed by atoms with Gasteiger partial charge < -0.3 is 10.6 Å². The second-order valence-corrected chi connectivity index (χ2v) is 5.68. The molecule has 2 N–H and O–H groups in total. The smallest absolute Gasteiger partial charge is 0.225 e. The lowest BCUT2D eigenvalue weighted by atomic mass is 10.2. The third-order valence-electron chi connectivity index (χ3n) is 3.00. The second kappa shape index (κ2) is 8.01. The van der Waals surface area contributed by atoms with E-state index in [1.807, 2.05) is 13.0 Å². The molecule has 2 aromatic rings. The molecule has 1 heterocycles. The number of nitrogens with one attached hydrogen (secondary N) is 2. The summed E-state index contributed by atoms with van der Waals surface area (Å²) in [5.74, 6) is 0.518. The molecule has 0 bridgehead atoms. The third kappa shape index (κ3) is 4.90. The van der Waals surface area contributed by atoms with Crippen LogP contribution in [0.2, 0.25) is 10.0 Å². The summed E-state index contributed by atoms with van der Waals surface area (Å²) in [5, 5.41) is 7.03. The van der Waals surface area contributed by atoms with Gasteiger partial charge in [0.25, 0.3) is 0 Å². The van der Waals surface area contributed by atoms with Crippen LogP contribution in [0.15, 0.2) is 36.5 Å². The maximum Gasteiger partial charge on any atom is 0.225 e. The number of rotatable bonds is 6. The first-order chi connectivity index (χ1) is 10.6. The van der Waals surface area contributed by atoms with Crippen LogP contribution in [0, 0.1) is 0 Å². The first-order valence-corrected chi connectivity index (χ1v) is 7.82. The molecular formula is C16H17Cl2N3O. The lowest BCUT2D eigenvalue weighted by Gasteiger charge is -2.09. The number of aromatic nitrogens is 1. The standard InChI is InChI=1S/C16H17Cl2N3O/c1-2-3-4-16(22)21-15-8-6-12(10-19-15)20-14-7-5-11(17)9-13(14)18/h5-10,20H,2-4H2,1H3,(H,19,21,22). The quantitative estimate of drug-likeness (QED) is 0.755. The van der Waals surface area contributed by atoms with Gasteiger partial charge in [-0.05, 0) is 36.8 Å². The van der Waals surface area contributed by atoms with Gasteiger partial charge in [0.2, 0.25) is 5.91 Å². The van der Waals surface area contributed by atoms with Crippen LogP contribution >= 0.6 is 23.2 Å². The fraction of sp³-hybridized carbons (Fsp3) is 0.250. The normalized spacial score (nSPS) is 10.3. The van der Waals surface area contributed by atoms with Gasteiger partial charge in [-0.3, -0.25) is 4.79 Å². The van der Waals surface area contributed by atoms with Crippen molar-refractivity contribution in [2.24, 2.45) is 0 Å². The number of hydrogen-bond acceptors (Lipinski definition) is 3. The van der Waals surface area contributed by atoms with E-state index in [1.165, 1.54) is 0 Å². The van der Waals surface area contributed by atoms with Gasteiger partial charge in [-0.2, -0.15) is 0 Å². The monoisotopic (exact) mass is 337 g/mol. The number of carbonyl (C=O) groups is 1. The number of benzene rings is 1. The Hall–Kier alpha value is -1.78. The number of carbonyl (C=O) groups excluding carboxylic acids is 1. The third-order valence-corrected chi connectivity index (χ3v) is 3.55. The number of nitrogens with zero attached hydrogens (tertiary/aromatic N) is 1. The van der Waals surface area contributed by atoms with Crippen LogP contribution in [0.5, 0.6) is 0 Å². The fourth-order valence-electron chi connectivity index (χ4n) is 1.83. The topological polar surface area (TPSA) is 54.0 Å². The van der Waals surface area contributed by atoms with Crippen LogP contribution in [-0.2, 0) is 4.79 Å². The predicted molar refractivity (Wildman–Crippen MR) is 92.1 cm³/mol. The first kappa shape index (κ1) is 16.6. The van der Waals surface area contributed by atoms with Crippen molar-refractivity contribution in [3.05, 3.63) is 46.6 Å². The summed E-state index contributed by atoms with van der Waals surface area (Å²) in [5.41, 5.74) is 1.52. The highest BCUT2D eigenvalue weighted by atomic mass is 35.5. The number of amides is 1. The van der Waals surface area contributed by atoms with Crippen molar-refractivity contribution >= 4 is 46.3 Å². The SMILES string of the molecule is CCCCC(=O)Nc1ccc(Nc2ccc(Cl)cc2Cl)cn1. The van der Waals surface area contributed by atoms with Gasteiger partial charge in [0, 0.05) is 11.4 Å². The molecule has 6 heteroatoms. The Balaban J connectivity index is 1.98. The van der Waals surface area contributed by atoms with Crippen LogP contribution in [0.3, 0.4) is 0 Å². The molecule has 2 rings (SSSR count). The molecule has 4 nitrogen and oxygen atoms in total. The van der Waals surface area contributed by atoms with Crippen molar-refractivity contribution in [1.82, 2.24) is 4.98 Å². The summed E-state index contributed by atoms with van der Waals surface area (Å²) in [6.45, 7) is 2.05. The molecule has 0 aliphatic carbocycles. The van der Waals surface area contributed by atoms with Gasteiger partial charge in [-0.25, -0.2) is 4.98 Å². The van der Waals surface area contributed by atoms with Gasteiger partial charge >= 0.3 is 0 Å². The molecule has 0 aliphatic heterocycles. The van der Waals surface area contributed by atoms with E-state index in [2.05, 4.69) is 15.6 Å². The molecule has 0 saturated carbocycles. The highest BCUT2D eigenvalue weighted by Gasteiger charge is 2.04. The lowest BCUT2D eigenvalue weighted by Crippen LogP contribution is -2.12. The van der Waals surface area contributed by atoms with Crippen LogP contribution in [0.1, 0.15) is 26.2 Å². The van der Waals surface area contributed by atoms with E-state index >= 15 is 0 Å². The summed E-state index contributed by atoms with van der Waals surface area (Å²) in [6, 6.07) is 8.79. The molecule has 0 aliphatic rings. The maximum absolute atomic E-state index is 11.6. The van der Waals surface area contributed by atoms with E-state index in [9.17, 15) is 4.79 Å². The molecule has 0 spiro atoms. The zero-order chi connectivity index (χ0) is 15.9. The minimum Gasteiger partial charge on any atom is -0.353 e. The van der Waals surface area contributed by atoms with Gasteiger partial charge in [0.15, 0.2) is 0 Å². The summed E-state index contributed by atoms with van der Waals surface area (Å²) in [4.78, 5) is 15.8. The van der Waals surface area contributed by atoms with Crippen molar-refractivity contribution < 1.29 is 4.79 Å². The van der Waals surface area contributed by atoms with Crippen molar-refractivity contribution in [3.8, 4) is 0 Å². The molecule has 1 aromatic carbocycles. The Morgan fingerprint density at radius 1 is 1.23 bits per heavy atom. The van der Waals surface area contributed by atoms with E-state index < -0.39 is 0 Å². The van der Waals surface area contributed by atoms with Crippen LogP contribution in [0.4, 0.5) is 17.2 Å². The van der Waals surface area contributed by atoms with E-state index in [1.54, 1.807) is 30.5 Å². The molecule has 0 unspecified atom stereocenters. The lowest BCUT2D eigenvalue weighted by molar-refractivity contribution is -0.116. The maximum atomic E-state index is 11.6. The zero-order valence-electron chi connectivity index (χ0n) is 12.2. The van der Waals surface area contributed by atoms with Crippen LogP contribution in [0.25, 0.3) is 0 Å². The fourth-order valence-corrected chi connectivity index (χ4v) is 2.29. The van der Waals surface area contributed by atoms with Gasteiger partial charge in [-0.1, -0.05) is 36.5 Å². The Bertz CT molecular complexity index is 644. The number of halogens is 2. The minimum atomic E-state index is -0.0178. The summed E-state index contributed by atoms with van der Waals surface area (Å²) in [6.07, 6.45) is 4.02. The largest absolute Gasteiger partial charge is 0.353 e. The Morgan fingerprint density at radius 2 is 2.05 bits per heavy atom. The van der Waals surface area contributed by atoms with Crippen molar-refractivity contribution in [2.45, 2.75) is 26.2 Å². The van der Waals surface area contributed by atoms with Gasteiger partial charge in [-0.15, -0.1) is 0 Å². The molecule has 0 atom stereocenters. The van der Waals surface area contributed by atoms with Crippen molar-refractivity contribution in [3.63, 3.8) is 0 Å². The Kier molecular flexibility index (Phi) is 6.04. The molecular weight excluding hydrogens is 321 g/mol. The summed E-state index contributed by atoms with van der Waals surface area (Å²) >= 11 is 12.0. The van der Waals surface area contributed by atoms with Crippen LogP contribution < -0.4 is 10.6 Å². The van der Waals surface area contributed by atoms with E-state index in [4.69, 9.17) is 23.2 Å². The summed E-state index contributed by atoms with van der Waals surface area (Å²) in [7, 11) is 0. The number of hydrogen-bond donors (Lipinski definition) is 2. The van der Waals surface area contributed by atoms with E-state index in [0.717, 1.165) is 24.2 Å². The first-order valence-electron chi connectivity index (χ1n) is 7.06. The molecule has 22 heavy (non-hydrogen) atoms. The number of anilines is 3. The Morgan fingerprint density at radius 3 is 2.68 bits per heavy atom. The van der Waals surface area contributed by atoms with E-state index in [-0.39, 0.29) is 5.91 Å². The molecule has 0 fully saturated rings. The Labute approximate surface area is 139 Å². The zero-order valence-corrected chi connectivity index (χ0v) is 13.7. The number of pyridine rings is 1. The highest BCUT2D eigenvalue weighted by Crippen LogP contribution is 2.28. The van der Waals surface area contributed by atoms with Gasteiger partial charge in [0.05, 0.1) is 22.6 Å². The van der Waals surface area contributed by atoms with Crippen molar-refractivity contribution in [2.75, 3.05) is 10.6 Å². The average Bonchev–Trinajstić information content (AvgIpc) is 2.50.